The Balaban J connectivity index is 1.68. The molecule has 110 valence electrons. The van der Waals surface area contributed by atoms with Crippen LogP contribution >= 0.6 is 11.8 Å². The fourth-order valence-corrected chi connectivity index (χ4v) is 3.43. The van der Waals surface area contributed by atoms with E-state index in [1.807, 2.05) is 0 Å². The minimum absolute atomic E-state index is 0.0879. The zero-order valence-corrected chi connectivity index (χ0v) is 12.3. The fraction of sp³-hybridized carbons (Fsp3) is 0.533. The number of carbonyl (C=O) groups is 1. The van der Waals surface area contributed by atoms with Crippen molar-refractivity contribution in [1.82, 2.24) is 5.32 Å². The number of amides is 1. The maximum atomic E-state index is 12.8. The number of carbonyl (C=O) groups excluding carboxylic acids is 1. The molecule has 2 unspecified atom stereocenters. The molecule has 2 atom stereocenters. The molecule has 0 saturated heterocycles. The van der Waals surface area contributed by atoms with Crippen LogP contribution in [0.1, 0.15) is 25.7 Å². The quantitative estimate of drug-likeness (QED) is 0.793. The minimum Gasteiger partial charge on any atom is -0.353 e. The second-order valence-electron chi connectivity index (χ2n) is 5.15. The first-order valence-electron chi connectivity index (χ1n) is 7.07. The highest BCUT2D eigenvalue weighted by atomic mass is 32.2. The highest BCUT2D eigenvalue weighted by molar-refractivity contribution is 7.99. The van der Waals surface area contributed by atoms with Gasteiger partial charge in [0.25, 0.3) is 0 Å². The number of thioether (sulfide) groups is 1. The minimum atomic E-state index is -0.235. The summed E-state index contributed by atoms with van der Waals surface area (Å²) < 4.78 is 12.8. The van der Waals surface area contributed by atoms with Crippen LogP contribution in [0.25, 0.3) is 0 Å². The topological polar surface area (TPSA) is 55.1 Å². The molecule has 1 aliphatic rings. The molecule has 0 aliphatic heterocycles. The number of hydrogen-bond donors (Lipinski definition) is 2. The van der Waals surface area contributed by atoms with E-state index < -0.39 is 0 Å². The molecular formula is C15H21FN2OS. The average Bonchev–Trinajstić information content (AvgIpc) is 2.88. The van der Waals surface area contributed by atoms with E-state index in [9.17, 15) is 9.18 Å². The summed E-state index contributed by atoms with van der Waals surface area (Å²) in [6.45, 7) is 0.648. The van der Waals surface area contributed by atoms with Gasteiger partial charge in [-0.1, -0.05) is 6.42 Å². The highest BCUT2D eigenvalue weighted by Gasteiger charge is 2.26. The molecule has 5 heteroatoms. The van der Waals surface area contributed by atoms with Crippen LogP contribution in [0.2, 0.25) is 0 Å². The Morgan fingerprint density at radius 1 is 1.35 bits per heavy atom. The van der Waals surface area contributed by atoms with E-state index >= 15 is 0 Å². The van der Waals surface area contributed by atoms with E-state index in [1.54, 1.807) is 23.9 Å². The summed E-state index contributed by atoms with van der Waals surface area (Å²) >= 11 is 1.57. The van der Waals surface area contributed by atoms with Crippen LogP contribution in [0.4, 0.5) is 4.39 Å². The van der Waals surface area contributed by atoms with Crippen LogP contribution in [0.15, 0.2) is 29.2 Å². The molecule has 1 aromatic rings. The number of halogens is 1. The molecule has 0 radical (unpaired) electrons. The molecule has 0 spiro atoms. The summed E-state index contributed by atoms with van der Waals surface area (Å²) in [5.41, 5.74) is 5.70. The van der Waals surface area contributed by atoms with Crippen LogP contribution in [0.5, 0.6) is 0 Å². The van der Waals surface area contributed by atoms with Gasteiger partial charge in [-0.3, -0.25) is 4.79 Å². The van der Waals surface area contributed by atoms with Crippen LogP contribution in [-0.4, -0.2) is 24.2 Å². The van der Waals surface area contributed by atoms with Gasteiger partial charge in [-0.15, -0.1) is 11.8 Å². The van der Waals surface area contributed by atoms with E-state index in [2.05, 4.69) is 5.32 Å². The average molecular weight is 296 g/mol. The summed E-state index contributed by atoms with van der Waals surface area (Å²) in [7, 11) is 0. The van der Waals surface area contributed by atoms with Crippen LogP contribution in [-0.2, 0) is 4.79 Å². The van der Waals surface area contributed by atoms with Gasteiger partial charge >= 0.3 is 0 Å². The van der Waals surface area contributed by atoms with Crippen molar-refractivity contribution in [3.05, 3.63) is 30.1 Å². The van der Waals surface area contributed by atoms with Gasteiger partial charge in [-0.25, -0.2) is 4.39 Å². The molecular weight excluding hydrogens is 275 g/mol. The SMILES string of the molecule is NCC1CCCC1NC(=O)CCSc1ccc(F)cc1. The highest BCUT2D eigenvalue weighted by Crippen LogP contribution is 2.25. The number of rotatable bonds is 6. The normalized spacial score (nSPS) is 21.9. The van der Waals surface area contributed by atoms with E-state index in [0.717, 1.165) is 24.2 Å². The predicted octanol–water partition coefficient (Wildman–Crippen LogP) is 2.55. The van der Waals surface area contributed by atoms with Crippen molar-refractivity contribution in [2.24, 2.45) is 11.7 Å². The smallest absolute Gasteiger partial charge is 0.221 e. The molecule has 0 aromatic heterocycles. The first-order chi connectivity index (χ1) is 9.69. The number of benzene rings is 1. The third-order valence-electron chi connectivity index (χ3n) is 3.72. The molecule has 0 heterocycles. The predicted molar refractivity (Wildman–Crippen MR) is 80.1 cm³/mol. The van der Waals surface area contributed by atoms with Crippen LogP contribution in [0, 0.1) is 11.7 Å². The first-order valence-corrected chi connectivity index (χ1v) is 8.05. The molecule has 1 fully saturated rings. The molecule has 1 amide bonds. The lowest BCUT2D eigenvalue weighted by Gasteiger charge is -2.19. The summed E-state index contributed by atoms with van der Waals surface area (Å²) in [6, 6.07) is 6.60. The molecule has 1 aromatic carbocycles. The van der Waals surface area contributed by atoms with Crippen molar-refractivity contribution in [2.75, 3.05) is 12.3 Å². The second-order valence-corrected chi connectivity index (χ2v) is 6.32. The molecule has 2 rings (SSSR count). The second kappa shape index (κ2) is 7.64. The van der Waals surface area contributed by atoms with Gasteiger partial charge in [0.05, 0.1) is 0 Å². The van der Waals surface area contributed by atoms with Gasteiger partial charge in [-0.05, 0) is 49.6 Å². The zero-order valence-electron chi connectivity index (χ0n) is 11.5. The third kappa shape index (κ3) is 4.49. The Morgan fingerprint density at radius 2 is 2.10 bits per heavy atom. The Hall–Kier alpha value is -1.07. The number of hydrogen-bond acceptors (Lipinski definition) is 3. The Morgan fingerprint density at radius 3 is 2.80 bits per heavy atom. The van der Waals surface area contributed by atoms with Crippen LogP contribution in [0.3, 0.4) is 0 Å². The van der Waals surface area contributed by atoms with E-state index in [0.29, 0.717) is 24.6 Å². The lowest BCUT2D eigenvalue weighted by Crippen LogP contribution is -2.39. The first kappa shape index (κ1) is 15.3. The molecule has 1 saturated carbocycles. The van der Waals surface area contributed by atoms with Crippen molar-refractivity contribution in [2.45, 2.75) is 36.6 Å². The number of nitrogens with two attached hydrogens (primary N) is 1. The summed E-state index contributed by atoms with van der Waals surface area (Å²) in [5.74, 6) is 0.993. The Bertz CT molecular complexity index is 438. The largest absolute Gasteiger partial charge is 0.353 e. The third-order valence-corrected chi connectivity index (χ3v) is 4.73. The summed E-state index contributed by atoms with van der Waals surface area (Å²) in [4.78, 5) is 12.9. The Labute approximate surface area is 123 Å². The summed E-state index contributed by atoms with van der Waals surface area (Å²) in [5, 5.41) is 3.08. The lowest BCUT2D eigenvalue weighted by atomic mass is 10.0. The maximum absolute atomic E-state index is 12.8. The van der Waals surface area contributed by atoms with Gasteiger partial charge in [0.15, 0.2) is 0 Å². The van der Waals surface area contributed by atoms with Crippen LogP contribution < -0.4 is 11.1 Å². The van der Waals surface area contributed by atoms with E-state index in [1.165, 1.54) is 12.1 Å². The van der Waals surface area contributed by atoms with Gasteiger partial charge in [0.1, 0.15) is 5.82 Å². The monoisotopic (exact) mass is 296 g/mol. The molecule has 20 heavy (non-hydrogen) atoms. The van der Waals surface area contributed by atoms with E-state index in [4.69, 9.17) is 5.73 Å². The van der Waals surface area contributed by atoms with Gasteiger partial charge < -0.3 is 11.1 Å². The molecule has 1 aliphatic carbocycles. The van der Waals surface area contributed by atoms with Gasteiger partial charge in [-0.2, -0.15) is 0 Å². The standard InChI is InChI=1S/C15H21FN2OS/c16-12-4-6-13(7-5-12)20-9-8-15(19)18-14-3-1-2-11(14)10-17/h4-7,11,14H,1-3,8-10,17H2,(H,18,19). The lowest BCUT2D eigenvalue weighted by molar-refractivity contribution is -0.121. The molecule has 0 bridgehead atoms. The van der Waals surface area contributed by atoms with E-state index in [-0.39, 0.29) is 17.8 Å². The Kier molecular flexibility index (Phi) is 5.86. The molecule has 3 nitrogen and oxygen atoms in total. The summed E-state index contributed by atoms with van der Waals surface area (Å²) in [6.07, 6.45) is 3.79. The van der Waals surface area contributed by atoms with Gasteiger partial charge in [0.2, 0.25) is 5.91 Å². The maximum Gasteiger partial charge on any atom is 0.221 e. The molecule has 3 N–H and O–H groups in total. The zero-order chi connectivity index (χ0) is 14.4. The fourth-order valence-electron chi connectivity index (χ4n) is 2.58. The van der Waals surface area contributed by atoms with Crippen molar-refractivity contribution in [3.63, 3.8) is 0 Å². The van der Waals surface area contributed by atoms with Crippen molar-refractivity contribution in [3.8, 4) is 0 Å². The van der Waals surface area contributed by atoms with Crippen molar-refractivity contribution >= 4 is 17.7 Å². The number of nitrogens with one attached hydrogen (secondary N) is 1. The van der Waals surface area contributed by atoms with Crippen molar-refractivity contribution in [1.29, 1.82) is 0 Å². The van der Waals surface area contributed by atoms with Crippen molar-refractivity contribution < 1.29 is 9.18 Å². The van der Waals surface area contributed by atoms with Gasteiger partial charge in [0, 0.05) is 23.1 Å².